The molecule has 0 atom stereocenters. The molecular formula is C11H20N4O. The van der Waals surface area contributed by atoms with Crippen LogP contribution in [-0.4, -0.2) is 41.1 Å². The molecule has 1 aromatic rings. The van der Waals surface area contributed by atoms with Gasteiger partial charge in [-0.15, -0.1) is 10.2 Å². The number of rotatable bonds is 5. The predicted molar refractivity (Wildman–Crippen MR) is 61.1 cm³/mol. The molecule has 1 N–H and O–H groups in total. The van der Waals surface area contributed by atoms with Crippen molar-refractivity contribution in [1.29, 1.82) is 0 Å². The van der Waals surface area contributed by atoms with Crippen molar-refractivity contribution in [1.82, 2.24) is 20.1 Å². The third-order valence-corrected chi connectivity index (χ3v) is 3.10. The summed E-state index contributed by atoms with van der Waals surface area (Å²) < 4.78 is 7.30. The van der Waals surface area contributed by atoms with Gasteiger partial charge in [0.15, 0.2) is 0 Å². The molecule has 1 aliphatic rings. The summed E-state index contributed by atoms with van der Waals surface area (Å²) in [6, 6.07) is 0. The van der Waals surface area contributed by atoms with Gasteiger partial charge in [-0.2, -0.15) is 0 Å². The maximum atomic E-state index is 5.33. The van der Waals surface area contributed by atoms with Crippen molar-refractivity contribution in [2.75, 3.05) is 26.3 Å². The van der Waals surface area contributed by atoms with E-state index < -0.39 is 0 Å². The maximum absolute atomic E-state index is 5.33. The highest BCUT2D eigenvalue weighted by Crippen LogP contribution is 2.12. The first kappa shape index (κ1) is 11.5. The molecule has 0 bridgehead atoms. The maximum Gasteiger partial charge on any atom is 0.133 e. The minimum atomic E-state index is 0.785. The fraction of sp³-hybridized carbons (Fsp3) is 0.818. The van der Waals surface area contributed by atoms with Crippen molar-refractivity contribution < 1.29 is 4.74 Å². The second-order valence-corrected chi connectivity index (χ2v) is 4.37. The average molecular weight is 224 g/mol. The third kappa shape index (κ3) is 3.28. The number of aryl methyl sites for hydroxylation is 1. The topological polar surface area (TPSA) is 52.0 Å². The molecule has 0 saturated carbocycles. The second-order valence-electron chi connectivity index (χ2n) is 4.37. The summed E-state index contributed by atoms with van der Waals surface area (Å²) in [6.45, 7) is 3.93. The number of nitrogens with one attached hydrogen (secondary N) is 1. The van der Waals surface area contributed by atoms with E-state index in [1.54, 1.807) is 6.33 Å². The van der Waals surface area contributed by atoms with E-state index in [1.165, 1.54) is 12.8 Å². The Balaban J connectivity index is 1.59. The molecule has 1 saturated heterocycles. The lowest BCUT2D eigenvalue weighted by molar-refractivity contribution is 0.0664. The van der Waals surface area contributed by atoms with Crippen LogP contribution < -0.4 is 5.32 Å². The zero-order chi connectivity index (χ0) is 11.2. The molecule has 90 valence electrons. The highest BCUT2D eigenvalue weighted by Gasteiger charge is 2.12. The monoisotopic (exact) mass is 224 g/mol. The van der Waals surface area contributed by atoms with Crippen LogP contribution in [0, 0.1) is 5.92 Å². The quantitative estimate of drug-likeness (QED) is 0.734. The Labute approximate surface area is 96.2 Å². The largest absolute Gasteiger partial charge is 0.381 e. The molecule has 0 amide bonds. The van der Waals surface area contributed by atoms with Crippen molar-refractivity contribution in [3.8, 4) is 0 Å². The van der Waals surface area contributed by atoms with E-state index in [2.05, 4.69) is 15.5 Å². The van der Waals surface area contributed by atoms with Crippen LogP contribution in [0.2, 0.25) is 0 Å². The Morgan fingerprint density at radius 1 is 1.50 bits per heavy atom. The van der Waals surface area contributed by atoms with Crippen LogP contribution in [0.1, 0.15) is 18.7 Å². The molecule has 1 aromatic heterocycles. The van der Waals surface area contributed by atoms with Crippen molar-refractivity contribution >= 4 is 0 Å². The first-order valence-electron chi connectivity index (χ1n) is 5.97. The third-order valence-electron chi connectivity index (χ3n) is 3.10. The van der Waals surface area contributed by atoms with Crippen molar-refractivity contribution in [2.24, 2.45) is 13.0 Å². The van der Waals surface area contributed by atoms with Crippen LogP contribution in [-0.2, 0) is 18.2 Å². The van der Waals surface area contributed by atoms with Gasteiger partial charge in [0.25, 0.3) is 0 Å². The summed E-state index contributed by atoms with van der Waals surface area (Å²) in [7, 11) is 1.98. The molecule has 0 unspecified atom stereocenters. The molecule has 5 heteroatoms. The fourth-order valence-electron chi connectivity index (χ4n) is 1.99. The van der Waals surface area contributed by atoms with Crippen LogP contribution in [0.5, 0.6) is 0 Å². The molecule has 16 heavy (non-hydrogen) atoms. The Hall–Kier alpha value is -0.940. The van der Waals surface area contributed by atoms with E-state index in [4.69, 9.17) is 4.74 Å². The molecule has 0 aromatic carbocycles. The summed E-state index contributed by atoms with van der Waals surface area (Å²) in [5.74, 6) is 1.83. The van der Waals surface area contributed by atoms with Gasteiger partial charge < -0.3 is 14.6 Å². The smallest absolute Gasteiger partial charge is 0.133 e. The normalized spacial score (nSPS) is 17.8. The van der Waals surface area contributed by atoms with Gasteiger partial charge in [-0.25, -0.2) is 0 Å². The molecular weight excluding hydrogens is 204 g/mol. The Morgan fingerprint density at radius 3 is 3.00 bits per heavy atom. The molecule has 2 heterocycles. The number of aromatic nitrogens is 3. The Kier molecular flexibility index (Phi) is 4.30. The van der Waals surface area contributed by atoms with Crippen molar-refractivity contribution in [3.63, 3.8) is 0 Å². The van der Waals surface area contributed by atoms with E-state index in [9.17, 15) is 0 Å². The van der Waals surface area contributed by atoms with Crippen LogP contribution in [0.25, 0.3) is 0 Å². The summed E-state index contributed by atoms with van der Waals surface area (Å²) >= 11 is 0. The molecule has 0 radical (unpaired) electrons. The number of ether oxygens (including phenoxy) is 1. The molecule has 0 aliphatic carbocycles. The number of nitrogens with zero attached hydrogens (tertiary/aromatic N) is 3. The highest BCUT2D eigenvalue weighted by molar-refractivity contribution is 4.84. The predicted octanol–water partition coefficient (Wildman–Crippen LogP) is 0.374. The zero-order valence-corrected chi connectivity index (χ0v) is 9.85. The van der Waals surface area contributed by atoms with Crippen LogP contribution in [0.4, 0.5) is 0 Å². The van der Waals surface area contributed by atoms with Gasteiger partial charge in [0.1, 0.15) is 12.2 Å². The van der Waals surface area contributed by atoms with Gasteiger partial charge in [0.2, 0.25) is 0 Å². The van der Waals surface area contributed by atoms with E-state index in [0.29, 0.717) is 0 Å². The highest BCUT2D eigenvalue weighted by atomic mass is 16.5. The van der Waals surface area contributed by atoms with Gasteiger partial charge >= 0.3 is 0 Å². The van der Waals surface area contributed by atoms with Crippen molar-refractivity contribution in [2.45, 2.75) is 19.3 Å². The molecule has 5 nitrogen and oxygen atoms in total. The Morgan fingerprint density at radius 2 is 2.31 bits per heavy atom. The SMILES string of the molecule is Cn1cnnc1CCNCC1CCOCC1. The molecule has 0 spiro atoms. The number of hydrogen-bond donors (Lipinski definition) is 1. The van der Waals surface area contributed by atoms with Crippen LogP contribution in [0.3, 0.4) is 0 Å². The van der Waals surface area contributed by atoms with E-state index in [0.717, 1.165) is 44.5 Å². The standard InChI is InChI=1S/C11H20N4O/c1-15-9-13-14-11(15)2-5-12-8-10-3-6-16-7-4-10/h9-10,12H,2-8H2,1H3. The summed E-state index contributed by atoms with van der Waals surface area (Å²) in [5, 5.41) is 11.4. The zero-order valence-electron chi connectivity index (χ0n) is 9.85. The van der Waals surface area contributed by atoms with Crippen LogP contribution in [0.15, 0.2) is 6.33 Å². The lowest BCUT2D eigenvalue weighted by Crippen LogP contribution is -2.29. The van der Waals surface area contributed by atoms with E-state index in [-0.39, 0.29) is 0 Å². The first-order chi connectivity index (χ1) is 7.86. The van der Waals surface area contributed by atoms with Crippen LogP contribution >= 0.6 is 0 Å². The minimum Gasteiger partial charge on any atom is -0.381 e. The van der Waals surface area contributed by atoms with Gasteiger partial charge in [-0.3, -0.25) is 0 Å². The average Bonchev–Trinajstić information content (AvgIpc) is 2.72. The van der Waals surface area contributed by atoms with Gasteiger partial charge in [-0.05, 0) is 25.3 Å². The summed E-state index contributed by atoms with van der Waals surface area (Å²) in [5.41, 5.74) is 0. The van der Waals surface area contributed by atoms with Gasteiger partial charge in [0, 0.05) is 33.2 Å². The molecule has 1 fully saturated rings. The molecule has 2 rings (SSSR count). The number of hydrogen-bond acceptors (Lipinski definition) is 4. The van der Waals surface area contributed by atoms with Gasteiger partial charge in [0.05, 0.1) is 0 Å². The van der Waals surface area contributed by atoms with E-state index in [1.807, 2.05) is 11.6 Å². The van der Waals surface area contributed by atoms with Gasteiger partial charge in [-0.1, -0.05) is 0 Å². The summed E-state index contributed by atoms with van der Waals surface area (Å²) in [6.07, 6.45) is 5.07. The van der Waals surface area contributed by atoms with Crippen molar-refractivity contribution in [3.05, 3.63) is 12.2 Å². The Bertz CT molecular complexity index is 307. The first-order valence-corrected chi connectivity index (χ1v) is 5.97. The summed E-state index contributed by atoms with van der Waals surface area (Å²) in [4.78, 5) is 0. The molecule has 1 aliphatic heterocycles. The lowest BCUT2D eigenvalue weighted by Gasteiger charge is -2.22. The lowest BCUT2D eigenvalue weighted by atomic mass is 10.0. The second kappa shape index (κ2) is 5.96. The minimum absolute atomic E-state index is 0.785. The van der Waals surface area contributed by atoms with E-state index >= 15 is 0 Å². The fourth-order valence-corrected chi connectivity index (χ4v) is 1.99.